The van der Waals surface area contributed by atoms with E-state index in [0.29, 0.717) is 12.5 Å². The molecule has 1 aliphatic carbocycles. The molecular weight excluding hydrogens is 210 g/mol. The van der Waals surface area contributed by atoms with E-state index in [2.05, 4.69) is 34.6 Å². The Hall–Kier alpha value is -0.0800. The van der Waals surface area contributed by atoms with E-state index in [9.17, 15) is 5.11 Å². The van der Waals surface area contributed by atoms with Crippen LogP contribution in [0, 0.1) is 16.7 Å². The van der Waals surface area contributed by atoms with E-state index in [4.69, 9.17) is 5.73 Å². The van der Waals surface area contributed by atoms with E-state index in [-0.39, 0.29) is 10.8 Å². The van der Waals surface area contributed by atoms with Crippen LogP contribution in [0.4, 0.5) is 0 Å². The van der Waals surface area contributed by atoms with Crippen molar-refractivity contribution < 1.29 is 5.11 Å². The minimum atomic E-state index is -0.590. The summed E-state index contributed by atoms with van der Waals surface area (Å²) in [5.74, 6) is 0.359. The van der Waals surface area contributed by atoms with Gasteiger partial charge in [-0.15, -0.1) is 0 Å². The molecule has 3 atom stereocenters. The molecule has 1 saturated carbocycles. The Labute approximate surface area is 107 Å². The highest BCUT2D eigenvalue weighted by atomic mass is 16.3. The van der Waals surface area contributed by atoms with Gasteiger partial charge in [-0.25, -0.2) is 0 Å². The predicted octanol–water partition coefficient (Wildman–Crippen LogP) is 3.33. The van der Waals surface area contributed by atoms with E-state index in [1.54, 1.807) is 0 Å². The molecule has 0 radical (unpaired) electrons. The highest BCUT2D eigenvalue weighted by Gasteiger charge is 2.54. The Morgan fingerprint density at radius 3 is 2.24 bits per heavy atom. The zero-order valence-corrected chi connectivity index (χ0v) is 12.3. The topological polar surface area (TPSA) is 46.2 Å². The number of rotatable bonds is 3. The molecule has 1 rings (SSSR count). The lowest BCUT2D eigenvalue weighted by molar-refractivity contribution is -0.167. The Kier molecular flexibility index (Phi) is 4.31. The summed E-state index contributed by atoms with van der Waals surface area (Å²) in [4.78, 5) is 0. The summed E-state index contributed by atoms with van der Waals surface area (Å²) in [6, 6.07) is 0. The van der Waals surface area contributed by atoms with Crippen LogP contribution in [-0.4, -0.2) is 17.3 Å². The highest BCUT2D eigenvalue weighted by molar-refractivity contribution is 5.05. The van der Waals surface area contributed by atoms with E-state index < -0.39 is 5.60 Å². The fraction of sp³-hybridized carbons (Fsp3) is 1.00. The summed E-state index contributed by atoms with van der Waals surface area (Å²) in [7, 11) is 0. The third-order valence-electron chi connectivity index (χ3n) is 5.20. The first-order valence-corrected chi connectivity index (χ1v) is 7.14. The van der Waals surface area contributed by atoms with Crippen molar-refractivity contribution in [3.8, 4) is 0 Å². The van der Waals surface area contributed by atoms with Crippen molar-refractivity contribution in [2.45, 2.75) is 72.3 Å². The Balaban J connectivity index is 3.12. The second-order valence-electron chi connectivity index (χ2n) is 7.21. The molecule has 0 aromatic heterocycles. The first-order chi connectivity index (χ1) is 7.71. The fourth-order valence-corrected chi connectivity index (χ4v) is 3.65. The molecule has 3 N–H and O–H groups in total. The van der Waals surface area contributed by atoms with Gasteiger partial charge < -0.3 is 10.8 Å². The van der Waals surface area contributed by atoms with Crippen molar-refractivity contribution in [2.24, 2.45) is 22.5 Å². The Morgan fingerprint density at radius 1 is 1.24 bits per heavy atom. The lowest BCUT2D eigenvalue weighted by atomic mass is 9.54. The molecule has 2 heteroatoms. The maximum absolute atomic E-state index is 11.3. The highest BCUT2D eigenvalue weighted by Crippen LogP contribution is 2.53. The quantitative estimate of drug-likeness (QED) is 0.796. The van der Waals surface area contributed by atoms with Gasteiger partial charge in [-0.2, -0.15) is 0 Å². The van der Waals surface area contributed by atoms with Crippen LogP contribution < -0.4 is 5.73 Å². The minimum absolute atomic E-state index is 0.147. The molecule has 0 saturated heterocycles. The summed E-state index contributed by atoms with van der Waals surface area (Å²) >= 11 is 0. The van der Waals surface area contributed by atoms with Gasteiger partial charge in [0.1, 0.15) is 0 Å². The van der Waals surface area contributed by atoms with E-state index >= 15 is 0 Å². The Morgan fingerprint density at radius 2 is 1.82 bits per heavy atom. The molecule has 17 heavy (non-hydrogen) atoms. The number of aliphatic hydroxyl groups is 1. The van der Waals surface area contributed by atoms with E-state index in [1.807, 2.05) is 0 Å². The average Bonchev–Trinajstić information content (AvgIpc) is 2.26. The van der Waals surface area contributed by atoms with Crippen molar-refractivity contribution in [1.82, 2.24) is 0 Å². The van der Waals surface area contributed by atoms with Gasteiger partial charge >= 0.3 is 0 Å². The van der Waals surface area contributed by atoms with Gasteiger partial charge in [-0.1, -0.05) is 47.5 Å². The molecule has 0 aromatic carbocycles. The molecule has 0 aliphatic heterocycles. The number of hydrogen-bond donors (Lipinski definition) is 2. The van der Waals surface area contributed by atoms with Gasteiger partial charge in [0.25, 0.3) is 0 Å². The third kappa shape index (κ3) is 2.53. The van der Waals surface area contributed by atoms with Crippen LogP contribution in [0.2, 0.25) is 0 Å². The molecule has 0 amide bonds. The lowest BCUT2D eigenvalue weighted by Crippen LogP contribution is -2.59. The minimum Gasteiger partial charge on any atom is -0.389 e. The molecule has 0 spiro atoms. The van der Waals surface area contributed by atoms with Gasteiger partial charge in [-0.3, -0.25) is 0 Å². The zero-order chi connectivity index (χ0) is 13.3. The summed E-state index contributed by atoms with van der Waals surface area (Å²) in [6.07, 6.45) is 5.38. The van der Waals surface area contributed by atoms with Crippen LogP contribution in [-0.2, 0) is 0 Å². The van der Waals surface area contributed by atoms with Gasteiger partial charge in [0.05, 0.1) is 5.60 Å². The third-order valence-corrected chi connectivity index (χ3v) is 5.20. The normalized spacial score (nSPS) is 34.4. The summed E-state index contributed by atoms with van der Waals surface area (Å²) in [5.41, 5.74) is 5.39. The van der Waals surface area contributed by atoms with Crippen LogP contribution in [0.15, 0.2) is 0 Å². The van der Waals surface area contributed by atoms with E-state index in [1.165, 1.54) is 6.42 Å². The first-order valence-electron chi connectivity index (χ1n) is 7.14. The van der Waals surface area contributed by atoms with Gasteiger partial charge in [0.2, 0.25) is 0 Å². The molecule has 0 bridgehead atoms. The molecule has 0 heterocycles. The van der Waals surface area contributed by atoms with Gasteiger partial charge in [0, 0.05) is 12.0 Å². The van der Waals surface area contributed by atoms with E-state index in [0.717, 1.165) is 25.7 Å². The average molecular weight is 241 g/mol. The van der Waals surface area contributed by atoms with Gasteiger partial charge in [0.15, 0.2) is 0 Å². The van der Waals surface area contributed by atoms with Crippen LogP contribution in [0.1, 0.15) is 66.7 Å². The molecule has 0 aromatic rings. The van der Waals surface area contributed by atoms with Crippen molar-refractivity contribution in [3.63, 3.8) is 0 Å². The molecule has 3 unspecified atom stereocenters. The molecule has 1 fully saturated rings. The maximum Gasteiger partial charge on any atom is 0.0746 e. The maximum atomic E-state index is 11.3. The smallest absolute Gasteiger partial charge is 0.0746 e. The monoisotopic (exact) mass is 241 g/mol. The molecule has 102 valence electrons. The lowest BCUT2D eigenvalue weighted by Gasteiger charge is -2.55. The zero-order valence-electron chi connectivity index (χ0n) is 12.3. The van der Waals surface area contributed by atoms with Crippen LogP contribution in [0.3, 0.4) is 0 Å². The van der Waals surface area contributed by atoms with Gasteiger partial charge in [-0.05, 0) is 30.6 Å². The predicted molar refractivity (Wildman–Crippen MR) is 73.8 cm³/mol. The molecule has 1 aliphatic rings. The van der Waals surface area contributed by atoms with Crippen molar-refractivity contribution in [3.05, 3.63) is 0 Å². The SMILES string of the molecule is CCC(C)(CN)C1(O)CCCCC1C(C)(C)C. The number of nitrogens with two attached hydrogens (primary N) is 1. The summed E-state index contributed by atoms with van der Waals surface area (Å²) in [6.45, 7) is 11.6. The standard InChI is InChI=1S/C15H31NO/c1-6-14(5,11-16)15(17)10-8-7-9-12(15)13(2,3)4/h12,17H,6-11,16H2,1-5H3. The molecular formula is C15H31NO. The summed E-state index contributed by atoms with van der Waals surface area (Å²) in [5, 5.41) is 11.3. The Bertz CT molecular complexity index is 252. The first kappa shape index (κ1) is 15.0. The van der Waals surface area contributed by atoms with Crippen LogP contribution >= 0.6 is 0 Å². The fourth-order valence-electron chi connectivity index (χ4n) is 3.65. The van der Waals surface area contributed by atoms with Crippen LogP contribution in [0.5, 0.6) is 0 Å². The van der Waals surface area contributed by atoms with Crippen molar-refractivity contribution in [2.75, 3.05) is 6.54 Å². The van der Waals surface area contributed by atoms with Crippen molar-refractivity contribution >= 4 is 0 Å². The number of hydrogen-bond acceptors (Lipinski definition) is 2. The second kappa shape index (κ2) is 4.89. The summed E-state index contributed by atoms with van der Waals surface area (Å²) < 4.78 is 0. The molecule has 2 nitrogen and oxygen atoms in total. The van der Waals surface area contributed by atoms with Crippen molar-refractivity contribution in [1.29, 1.82) is 0 Å². The largest absolute Gasteiger partial charge is 0.389 e. The second-order valence-corrected chi connectivity index (χ2v) is 7.21. The van der Waals surface area contributed by atoms with Crippen LogP contribution in [0.25, 0.3) is 0 Å².